The lowest BCUT2D eigenvalue weighted by Gasteiger charge is -2.34. The van der Waals surface area contributed by atoms with Gasteiger partial charge in [0.1, 0.15) is 0 Å². The number of halogens is 1. The van der Waals surface area contributed by atoms with Crippen molar-refractivity contribution < 1.29 is 9.59 Å². The van der Waals surface area contributed by atoms with Crippen molar-refractivity contribution >= 4 is 33.4 Å². The molecule has 0 aliphatic carbocycles. The van der Waals surface area contributed by atoms with E-state index in [1.54, 1.807) is 11.8 Å². The highest BCUT2D eigenvalue weighted by atomic mass is 79.9. The molecule has 1 fully saturated rings. The Kier molecular flexibility index (Phi) is 5.83. The van der Waals surface area contributed by atoms with Crippen molar-refractivity contribution in [1.29, 1.82) is 0 Å². The van der Waals surface area contributed by atoms with Gasteiger partial charge in [-0.25, -0.2) is 0 Å². The summed E-state index contributed by atoms with van der Waals surface area (Å²) in [7, 11) is 0. The molecule has 0 atom stereocenters. The first kappa shape index (κ1) is 16.8. The molecule has 6 heteroatoms. The number of hydrogen-bond acceptors (Lipinski definition) is 3. The molecule has 0 spiro atoms. The van der Waals surface area contributed by atoms with Gasteiger partial charge in [0.25, 0.3) is 0 Å². The molecule has 5 nitrogen and oxygen atoms in total. The molecule has 0 radical (unpaired) electrons. The van der Waals surface area contributed by atoms with E-state index in [-0.39, 0.29) is 11.8 Å². The fourth-order valence-electron chi connectivity index (χ4n) is 2.56. The molecule has 0 unspecified atom stereocenters. The Morgan fingerprint density at radius 2 is 1.82 bits per heavy atom. The van der Waals surface area contributed by atoms with Gasteiger partial charge in [0.05, 0.1) is 0 Å². The minimum Gasteiger partial charge on any atom is -0.384 e. The summed E-state index contributed by atoms with van der Waals surface area (Å²) in [5, 5.41) is 3.30. The van der Waals surface area contributed by atoms with Gasteiger partial charge in [-0.15, -0.1) is 0 Å². The van der Waals surface area contributed by atoms with Crippen LogP contribution in [-0.2, 0) is 9.59 Å². The van der Waals surface area contributed by atoms with Gasteiger partial charge in [-0.3, -0.25) is 9.59 Å². The molecule has 1 aromatic rings. The molecule has 1 saturated heterocycles. The van der Waals surface area contributed by atoms with E-state index < -0.39 is 0 Å². The van der Waals surface area contributed by atoms with Gasteiger partial charge in [0.2, 0.25) is 11.8 Å². The number of hydrogen-bond donors (Lipinski definition) is 1. The van der Waals surface area contributed by atoms with Crippen molar-refractivity contribution in [3.8, 4) is 0 Å². The van der Waals surface area contributed by atoms with Crippen LogP contribution in [0.3, 0.4) is 0 Å². The van der Waals surface area contributed by atoms with E-state index in [2.05, 4.69) is 21.2 Å². The summed E-state index contributed by atoms with van der Waals surface area (Å²) >= 11 is 3.44. The van der Waals surface area contributed by atoms with Gasteiger partial charge in [0, 0.05) is 56.2 Å². The third-order valence-corrected chi connectivity index (χ3v) is 4.41. The molecular weight excluding hydrogens is 346 g/mol. The maximum Gasteiger partial charge on any atom is 0.224 e. The number of piperazine rings is 1. The summed E-state index contributed by atoms with van der Waals surface area (Å²) in [5.74, 6) is 0.227. The zero-order chi connectivity index (χ0) is 16.1. The lowest BCUT2D eigenvalue weighted by atomic mass is 10.2. The Bertz CT molecular complexity index is 554. The summed E-state index contributed by atoms with van der Waals surface area (Å²) in [6, 6.07) is 6.04. The molecule has 1 aliphatic rings. The minimum absolute atomic E-state index is 0.0829. The number of benzene rings is 1. The van der Waals surface area contributed by atoms with E-state index in [4.69, 9.17) is 0 Å². The number of carbonyl (C=O) groups excluding carboxylic acids is 2. The monoisotopic (exact) mass is 367 g/mol. The highest BCUT2D eigenvalue weighted by Gasteiger charge is 2.21. The van der Waals surface area contributed by atoms with Gasteiger partial charge < -0.3 is 15.1 Å². The first-order valence-corrected chi connectivity index (χ1v) is 8.30. The lowest BCUT2D eigenvalue weighted by Crippen LogP contribution is -2.50. The number of aryl methyl sites for hydroxylation is 1. The molecule has 0 bridgehead atoms. The molecule has 1 aromatic carbocycles. The van der Waals surface area contributed by atoms with Crippen LogP contribution in [0.15, 0.2) is 22.7 Å². The normalized spacial score (nSPS) is 14.9. The smallest absolute Gasteiger partial charge is 0.224 e. The zero-order valence-electron chi connectivity index (χ0n) is 13.1. The van der Waals surface area contributed by atoms with Crippen molar-refractivity contribution in [2.24, 2.45) is 0 Å². The lowest BCUT2D eigenvalue weighted by molar-refractivity contribution is -0.138. The molecule has 2 amide bonds. The number of rotatable bonds is 4. The molecule has 22 heavy (non-hydrogen) atoms. The van der Waals surface area contributed by atoms with Gasteiger partial charge in [0.15, 0.2) is 0 Å². The zero-order valence-corrected chi connectivity index (χ0v) is 14.6. The maximum atomic E-state index is 12.2. The fourth-order valence-corrected chi connectivity index (χ4v) is 3.03. The van der Waals surface area contributed by atoms with Crippen molar-refractivity contribution in [2.45, 2.75) is 20.3 Å². The second kappa shape index (κ2) is 7.63. The van der Waals surface area contributed by atoms with Crippen molar-refractivity contribution in [3.05, 3.63) is 28.2 Å². The number of carbonyl (C=O) groups is 2. The van der Waals surface area contributed by atoms with Gasteiger partial charge in [-0.05, 0) is 30.7 Å². The van der Waals surface area contributed by atoms with E-state index in [0.29, 0.717) is 39.1 Å². The standard InChI is InChI=1S/C16H22BrN3O2/c1-12-11-14(17)3-4-15(12)18-6-5-16(22)20-9-7-19(8-10-20)13(2)21/h3-4,11,18H,5-10H2,1-2H3. The molecule has 2 rings (SSSR count). The molecule has 1 heterocycles. The third kappa shape index (κ3) is 4.47. The van der Waals surface area contributed by atoms with E-state index in [1.165, 1.54) is 0 Å². The second-order valence-corrected chi connectivity index (χ2v) is 6.44. The fraction of sp³-hybridized carbons (Fsp3) is 0.500. The predicted molar refractivity (Wildman–Crippen MR) is 90.8 cm³/mol. The highest BCUT2D eigenvalue weighted by molar-refractivity contribution is 9.10. The maximum absolute atomic E-state index is 12.2. The summed E-state index contributed by atoms with van der Waals surface area (Å²) < 4.78 is 1.05. The summed E-state index contributed by atoms with van der Waals surface area (Å²) in [6.07, 6.45) is 0.468. The average Bonchev–Trinajstić information content (AvgIpc) is 2.49. The third-order valence-electron chi connectivity index (χ3n) is 3.92. The first-order valence-electron chi connectivity index (χ1n) is 7.50. The van der Waals surface area contributed by atoms with E-state index in [0.717, 1.165) is 15.7 Å². The second-order valence-electron chi connectivity index (χ2n) is 5.52. The molecular formula is C16H22BrN3O2. The quantitative estimate of drug-likeness (QED) is 0.887. The summed E-state index contributed by atoms with van der Waals surface area (Å²) in [4.78, 5) is 27.1. The van der Waals surface area contributed by atoms with Crippen LogP contribution in [0.4, 0.5) is 5.69 Å². The number of nitrogens with one attached hydrogen (secondary N) is 1. The molecule has 0 saturated carbocycles. The van der Waals surface area contributed by atoms with Crippen molar-refractivity contribution in [2.75, 3.05) is 38.0 Å². The van der Waals surface area contributed by atoms with Gasteiger partial charge >= 0.3 is 0 Å². The van der Waals surface area contributed by atoms with Gasteiger partial charge in [-0.2, -0.15) is 0 Å². The van der Waals surface area contributed by atoms with Crippen LogP contribution >= 0.6 is 15.9 Å². The number of anilines is 1. The topological polar surface area (TPSA) is 52.7 Å². The van der Waals surface area contributed by atoms with Crippen LogP contribution in [0.2, 0.25) is 0 Å². The van der Waals surface area contributed by atoms with Crippen LogP contribution < -0.4 is 5.32 Å². The largest absolute Gasteiger partial charge is 0.384 e. The minimum atomic E-state index is 0.0829. The van der Waals surface area contributed by atoms with Crippen LogP contribution in [-0.4, -0.2) is 54.3 Å². The van der Waals surface area contributed by atoms with Gasteiger partial charge in [-0.1, -0.05) is 15.9 Å². The van der Waals surface area contributed by atoms with E-state index >= 15 is 0 Å². The first-order chi connectivity index (χ1) is 10.5. The van der Waals surface area contributed by atoms with Crippen molar-refractivity contribution in [1.82, 2.24) is 9.80 Å². The number of amides is 2. The van der Waals surface area contributed by atoms with Crippen LogP contribution in [0, 0.1) is 6.92 Å². The Morgan fingerprint density at radius 3 is 2.41 bits per heavy atom. The summed E-state index contributed by atoms with van der Waals surface area (Å²) in [6.45, 7) is 6.78. The molecule has 1 aliphatic heterocycles. The van der Waals surface area contributed by atoms with Crippen LogP contribution in [0.1, 0.15) is 18.9 Å². The molecule has 1 N–H and O–H groups in total. The predicted octanol–water partition coefficient (Wildman–Crippen LogP) is 2.25. The number of nitrogens with zero attached hydrogens (tertiary/aromatic N) is 2. The van der Waals surface area contributed by atoms with E-state index in [9.17, 15) is 9.59 Å². The van der Waals surface area contributed by atoms with Crippen molar-refractivity contribution in [3.63, 3.8) is 0 Å². The Labute approximate surface area is 139 Å². The summed E-state index contributed by atoms with van der Waals surface area (Å²) in [5.41, 5.74) is 2.20. The Morgan fingerprint density at radius 1 is 1.18 bits per heavy atom. The van der Waals surface area contributed by atoms with Crippen LogP contribution in [0.25, 0.3) is 0 Å². The molecule has 120 valence electrons. The van der Waals surface area contributed by atoms with E-state index in [1.807, 2.05) is 30.0 Å². The highest BCUT2D eigenvalue weighted by Crippen LogP contribution is 2.19. The average molecular weight is 368 g/mol. The Balaban J connectivity index is 1.75. The Hall–Kier alpha value is -1.56. The van der Waals surface area contributed by atoms with Crippen LogP contribution in [0.5, 0.6) is 0 Å². The molecule has 0 aromatic heterocycles. The SMILES string of the molecule is CC(=O)N1CCN(C(=O)CCNc2ccc(Br)cc2C)CC1.